The number of morpholine rings is 1. The Hall–Kier alpha value is -1.88. The molecule has 0 saturated carbocycles. The van der Waals surface area contributed by atoms with Gasteiger partial charge in [0.1, 0.15) is 6.04 Å². The lowest BCUT2D eigenvalue weighted by Crippen LogP contribution is -2.59. The molecule has 0 aliphatic carbocycles. The van der Waals surface area contributed by atoms with Crippen LogP contribution in [-0.4, -0.2) is 119 Å². The molecule has 1 N–H and O–H groups in total. The Labute approximate surface area is 249 Å². The summed E-state index contributed by atoms with van der Waals surface area (Å²) in [5, 5.41) is 10.5. The first-order valence-electron chi connectivity index (χ1n) is 15.4. The van der Waals surface area contributed by atoms with E-state index in [4.69, 9.17) is 9.47 Å². The molecular formula is C31H49N3O6S. The number of nitrogens with zero attached hydrogens (tertiary/aromatic N) is 3. The van der Waals surface area contributed by atoms with Crippen molar-refractivity contribution in [3.05, 3.63) is 25.3 Å². The number of carbonyl (C=O) groups excluding carboxylic acids is 3. The molecule has 2 bridgehead atoms. The molecule has 230 valence electrons. The van der Waals surface area contributed by atoms with Gasteiger partial charge >= 0.3 is 5.97 Å². The molecule has 0 aromatic carbocycles. The van der Waals surface area contributed by atoms with Gasteiger partial charge in [-0.05, 0) is 38.0 Å². The summed E-state index contributed by atoms with van der Waals surface area (Å²) in [6.45, 7) is 16.4. The fraction of sp³-hybridized carbons (Fsp3) is 0.774. The number of hydrogen-bond acceptors (Lipinski definition) is 8. The van der Waals surface area contributed by atoms with E-state index in [9.17, 15) is 19.5 Å². The molecule has 0 aromatic heterocycles. The van der Waals surface area contributed by atoms with Gasteiger partial charge < -0.3 is 24.4 Å². The number of aliphatic hydroxyl groups is 1. The normalized spacial score (nSPS) is 30.6. The van der Waals surface area contributed by atoms with E-state index in [0.717, 1.165) is 45.2 Å². The highest BCUT2D eigenvalue weighted by molar-refractivity contribution is 8.02. The first kappa shape index (κ1) is 32.0. The molecule has 4 aliphatic heterocycles. The summed E-state index contributed by atoms with van der Waals surface area (Å²) < 4.78 is 10.5. The van der Waals surface area contributed by atoms with Crippen molar-refractivity contribution >= 4 is 29.5 Å². The minimum Gasteiger partial charge on any atom is -0.465 e. The van der Waals surface area contributed by atoms with Gasteiger partial charge in [-0.2, -0.15) is 0 Å². The van der Waals surface area contributed by atoms with E-state index >= 15 is 0 Å². The molecule has 7 atom stereocenters. The van der Waals surface area contributed by atoms with Gasteiger partial charge in [0.25, 0.3) is 0 Å². The molecule has 1 spiro atoms. The van der Waals surface area contributed by atoms with Crippen molar-refractivity contribution in [2.45, 2.75) is 74.5 Å². The quantitative estimate of drug-likeness (QED) is 0.166. The number of ether oxygens (including phenoxy) is 2. The van der Waals surface area contributed by atoms with Crippen LogP contribution >= 0.6 is 11.8 Å². The Morgan fingerprint density at radius 1 is 1.27 bits per heavy atom. The van der Waals surface area contributed by atoms with Crippen LogP contribution in [0.3, 0.4) is 0 Å². The molecule has 2 unspecified atom stereocenters. The van der Waals surface area contributed by atoms with E-state index in [-0.39, 0.29) is 35.6 Å². The van der Waals surface area contributed by atoms with Crippen LogP contribution in [0.1, 0.15) is 52.4 Å². The minimum atomic E-state index is -0.740. The average molecular weight is 592 g/mol. The minimum absolute atomic E-state index is 0.00635. The zero-order valence-electron chi connectivity index (χ0n) is 24.9. The molecule has 4 rings (SSSR count). The summed E-state index contributed by atoms with van der Waals surface area (Å²) in [7, 11) is 0. The fourth-order valence-electron chi connectivity index (χ4n) is 7.18. The molecule has 4 heterocycles. The van der Waals surface area contributed by atoms with Crippen LogP contribution in [0.25, 0.3) is 0 Å². The maximum Gasteiger partial charge on any atom is 0.310 e. The molecule has 4 fully saturated rings. The lowest BCUT2D eigenvalue weighted by molar-refractivity contribution is -0.155. The number of aliphatic hydroxyl groups excluding tert-OH is 1. The first-order valence-corrected chi connectivity index (χ1v) is 16.3. The second-order valence-corrected chi connectivity index (χ2v) is 13.5. The Balaban J connectivity index is 1.62. The van der Waals surface area contributed by atoms with Crippen LogP contribution in [0.15, 0.2) is 25.3 Å². The number of amides is 2. The van der Waals surface area contributed by atoms with Gasteiger partial charge in [0.15, 0.2) is 0 Å². The summed E-state index contributed by atoms with van der Waals surface area (Å²) in [5.74, 6) is -1.82. The third-order valence-corrected chi connectivity index (χ3v) is 11.5. The standard InChI is InChI=1S/C31H49N3O6S/c1-5-8-9-10-18-40-30(38)25-24-11-12-31(41-24)26(25)28(36)34(23(21-35)22(4)7-3)27(31)29(37)33(13-6-2)15-14-32-16-19-39-20-17-32/h5-6,22-27,35H,1-2,7-21H2,3-4H3/t22-,23-,24-,25+,26-,27?,31?/m0/s1. The van der Waals surface area contributed by atoms with Gasteiger partial charge in [0, 0.05) is 38.0 Å². The number of unbranched alkanes of at least 4 members (excludes halogenated alkanes) is 2. The van der Waals surface area contributed by atoms with Crippen molar-refractivity contribution in [3.8, 4) is 0 Å². The van der Waals surface area contributed by atoms with Crippen LogP contribution < -0.4 is 0 Å². The van der Waals surface area contributed by atoms with Crippen molar-refractivity contribution in [1.29, 1.82) is 0 Å². The molecule has 0 aromatic rings. The molecular weight excluding hydrogens is 542 g/mol. The average Bonchev–Trinajstić information content (AvgIpc) is 3.63. The van der Waals surface area contributed by atoms with Crippen molar-refractivity contribution in [2.75, 3.05) is 59.2 Å². The van der Waals surface area contributed by atoms with E-state index in [1.807, 2.05) is 24.8 Å². The van der Waals surface area contributed by atoms with Gasteiger partial charge in [-0.1, -0.05) is 32.4 Å². The predicted octanol–water partition coefficient (Wildman–Crippen LogP) is 2.73. The van der Waals surface area contributed by atoms with Crippen molar-refractivity contribution in [3.63, 3.8) is 0 Å². The summed E-state index contributed by atoms with van der Waals surface area (Å²) in [4.78, 5) is 48.3. The Kier molecular flexibility index (Phi) is 11.4. The monoisotopic (exact) mass is 591 g/mol. The number of thioether (sulfide) groups is 1. The van der Waals surface area contributed by atoms with Gasteiger partial charge in [0.05, 0.1) is 49.1 Å². The van der Waals surface area contributed by atoms with Crippen molar-refractivity contribution < 1.29 is 29.0 Å². The molecule has 4 aliphatic rings. The summed E-state index contributed by atoms with van der Waals surface area (Å²) in [6.07, 6.45) is 8.32. The highest BCUT2D eigenvalue weighted by Gasteiger charge is 2.75. The highest BCUT2D eigenvalue weighted by atomic mass is 32.2. The maximum absolute atomic E-state index is 14.6. The lowest BCUT2D eigenvalue weighted by atomic mass is 9.71. The van der Waals surface area contributed by atoms with Gasteiger partial charge in [-0.25, -0.2) is 0 Å². The number of fused-ring (bicyclic) bond motifs is 1. The van der Waals surface area contributed by atoms with E-state index < -0.39 is 28.7 Å². The largest absolute Gasteiger partial charge is 0.465 e. The Morgan fingerprint density at radius 3 is 2.68 bits per heavy atom. The third kappa shape index (κ3) is 6.40. The third-order valence-electron chi connectivity index (χ3n) is 9.59. The molecule has 2 amide bonds. The summed E-state index contributed by atoms with van der Waals surface area (Å²) in [5.41, 5.74) is 0. The molecule has 41 heavy (non-hydrogen) atoms. The molecule has 4 saturated heterocycles. The van der Waals surface area contributed by atoms with E-state index in [2.05, 4.69) is 18.1 Å². The van der Waals surface area contributed by atoms with E-state index in [1.165, 1.54) is 0 Å². The van der Waals surface area contributed by atoms with Crippen LogP contribution in [0.5, 0.6) is 0 Å². The smallest absolute Gasteiger partial charge is 0.310 e. The highest BCUT2D eigenvalue weighted by Crippen LogP contribution is 2.67. The molecule has 9 nitrogen and oxygen atoms in total. The number of esters is 1. The second kappa shape index (κ2) is 14.5. The molecule has 10 heteroatoms. The summed E-state index contributed by atoms with van der Waals surface area (Å²) >= 11 is 1.65. The number of hydrogen-bond donors (Lipinski definition) is 1. The van der Waals surface area contributed by atoms with Crippen LogP contribution in [0.4, 0.5) is 0 Å². The van der Waals surface area contributed by atoms with Crippen LogP contribution in [0, 0.1) is 17.8 Å². The Bertz CT molecular complexity index is 958. The fourth-order valence-corrected chi connectivity index (χ4v) is 9.36. The van der Waals surface area contributed by atoms with Crippen molar-refractivity contribution in [2.24, 2.45) is 17.8 Å². The van der Waals surface area contributed by atoms with Crippen molar-refractivity contribution in [1.82, 2.24) is 14.7 Å². The van der Waals surface area contributed by atoms with E-state index in [1.54, 1.807) is 22.7 Å². The van der Waals surface area contributed by atoms with Gasteiger partial charge in [-0.3, -0.25) is 19.3 Å². The first-order chi connectivity index (χ1) is 19.8. The van der Waals surface area contributed by atoms with Gasteiger partial charge in [0.2, 0.25) is 11.8 Å². The Morgan fingerprint density at radius 2 is 2.02 bits per heavy atom. The van der Waals surface area contributed by atoms with Crippen LogP contribution in [0.2, 0.25) is 0 Å². The zero-order chi connectivity index (χ0) is 29.6. The topological polar surface area (TPSA) is 99.6 Å². The van der Waals surface area contributed by atoms with Crippen LogP contribution in [-0.2, 0) is 23.9 Å². The van der Waals surface area contributed by atoms with Gasteiger partial charge in [-0.15, -0.1) is 24.9 Å². The number of likely N-dealkylation sites (tertiary alicyclic amines) is 1. The molecule has 0 radical (unpaired) electrons. The number of rotatable bonds is 16. The zero-order valence-corrected chi connectivity index (χ0v) is 25.7. The lowest BCUT2D eigenvalue weighted by Gasteiger charge is -2.41. The second-order valence-electron chi connectivity index (χ2n) is 11.9. The maximum atomic E-state index is 14.6. The number of carbonyl (C=O) groups is 3. The SMILES string of the molecule is C=CCCCCOC(=O)[C@@H]1[C@@H]2CCC3(S2)C(C(=O)N(CC=C)CCN2CCOCC2)N([C@@H](CO)[C@@H](C)CC)C(=O)[C@H]13. The van der Waals surface area contributed by atoms with E-state index in [0.29, 0.717) is 45.9 Å². The summed E-state index contributed by atoms with van der Waals surface area (Å²) in [6, 6.07) is -1.24. The predicted molar refractivity (Wildman–Crippen MR) is 160 cm³/mol. The number of allylic oxidation sites excluding steroid dienone is 1.